The molecule has 0 spiro atoms. The molecule has 7 heteroatoms. The maximum absolute atomic E-state index is 12.6. The summed E-state index contributed by atoms with van der Waals surface area (Å²) in [6.45, 7) is 0. The van der Waals surface area contributed by atoms with E-state index in [4.69, 9.17) is 17.3 Å². The van der Waals surface area contributed by atoms with E-state index in [2.05, 4.69) is 4.98 Å². The molecule has 0 saturated heterocycles. The number of halogens is 4. The van der Waals surface area contributed by atoms with Crippen molar-refractivity contribution in [2.75, 3.05) is 5.73 Å². The van der Waals surface area contributed by atoms with Crippen LogP contribution in [0.4, 0.5) is 19.0 Å². The van der Waals surface area contributed by atoms with Crippen LogP contribution in [0.2, 0.25) is 5.02 Å². The highest BCUT2D eigenvalue weighted by Crippen LogP contribution is 2.32. The Bertz CT molecular complexity index is 807. The van der Waals surface area contributed by atoms with Crippen LogP contribution in [0.3, 0.4) is 0 Å². The number of pyridine rings is 1. The lowest BCUT2D eigenvalue weighted by atomic mass is 10.1. The van der Waals surface area contributed by atoms with Crippen molar-refractivity contribution in [3.05, 3.63) is 53.2 Å². The van der Waals surface area contributed by atoms with Gasteiger partial charge in [-0.15, -0.1) is 0 Å². The van der Waals surface area contributed by atoms with Gasteiger partial charge in [-0.05, 0) is 24.3 Å². The Morgan fingerprint density at radius 1 is 1.05 bits per heavy atom. The minimum atomic E-state index is -4.36. The molecule has 0 bridgehead atoms. The first-order valence-corrected chi connectivity index (χ1v) is 6.35. The second kappa shape index (κ2) is 4.66. The number of nitrogen functional groups attached to an aromatic ring is 1. The van der Waals surface area contributed by atoms with Gasteiger partial charge in [0.25, 0.3) is 0 Å². The lowest BCUT2D eigenvalue weighted by molar-refractivity contribution is -0.137. The van der Waals surface area contributed by atoms with Crippen LogP contribution >= 0.6 is 11.6 Å². The van der Waals surface area contributed by atoms with E-state index in [9.17, 15) is 13.2 Å². The molecule has 1 aromatic carbocycles. The number of nitrogens with two attached hydrogens (primary N) is 1. The highest BCUT2D eigenvalue weighted by atomic mass is 35.5. The number of hydrogen-bond acceptors (Lipinski definition) is 2. The summed E-state index contributed by atoms with van der Waals surface area (Å²) in [5.41, 5.74) is 6.78. The van der Waals surface area contributed by atoms with Gasteiger partial charge in [0.15, 0.2) is 0 Å². The van der Waals surface area contributed by atoms with Gasteiger partial charge in [-0.3, -0.25) is 4.40 Å². The minimum Gasteiger partial charge on any atom is -0.383 e. The first kappa shape index (κ1) is 13.8. The van der Waals surface area contributed by atoms with Crippen LogP contribution in [0, 0.1) is 0 Å². The van der Waals surface area contributed by atoms with E-state index >= 15 is 0 Å². The lowest BCUT2D eigenvalue weighted by Gasteiger charge is -2.06. The van der Waals surface area contributed by atoms with Crippen molar-refractivity contribution in [2.24, 2.45) is 0 Å². The fourth-order valence-electron chi connectivity index (χ4n) is 2.07. The largest absolute Gasteiger partial charge is 0.416 e. The fourth-order valence-corrected chi connectivity index (χ4v) is 2.23. The van der Waals surface area contributed by atoms with Crippen molar-refractivity contribution in [3.63, 3.8) is 0 Å². The van der Waals surface area contributed by atoms with Crippen LogP contribution in [0.1, 0.15) is 5.56 Å². The molecule has 0 saturated carbocycles. The Balaban J connectivity index is 2.10. The van der Waals surface area contributed by atoms with Crippen LogP contribution in [0.5, 0.6) is 0 Å². The molecule has 3 aromatic rings. The lowest BCUT2D eigenvalue weighted by Crippen LogP contribution is -2.04. The smallest absolute Gasteiger partial charge is 0.383 e. The molecule has 0 aliphatic carbocycles. The van der Waals surface area contributed by atoms with E-state index in [-0.39, 0.29) is 0 Å². The average molecular weight is 312 g/mol. The predicted octanol–water partition coefficient (Wildman–Crippen LogP) is 4.26. The summed E-state index contributed by atoms with van der Waals surface area (Å²) < 4.78 is 39.3. The Labute approximate surface area is 122 Å². The normalized spacial score (nSPS) is 12.0. The first-order valence-electron chi connectivity index (χ1n) is 5.97. The fraction of sp³-hybridized carbons (Fsp3) is 0.0714. The SMILES string of the molecule is Nc1c(-c2ccc(C(F)(F)F)cc2)nc2ccc(Cl)cn12. The van der Waals surface area contributed by atoms with E-state index in [0.29, 0.717) is 27.7 Å². The second-order valence-corrected chi connectivity index (χ2v) is 4.93. The summed E-state index contributed by atoms with van der Waals surface area (Å²) in [5.74, 6) is 0.326. The average Bonchev–Trinajstić information content (AvgIpc) is 2.75. The zero-order valence-corrected chi connectivity index (χ0v) is 11.3. The number of aromatic nitrogens is 2. The van der Waals surface area contributed by atoms with E-state index in [0.717, 1.165) is 12.1 Å². The molecule has 108 valence electrons. The summed E-state index contributed by atoms with van der Waals surface area (Å²) >= 11 is 5.89. The Kier molecular flexibility index (Phi) is 3.06. The van der Waals surface area contributed by atoms with Gasteiger partial charge in [-0.25, -0.2) is 4.98 Å². The van der Waals surface area contributed by atoms with Crippen molar-refractivity contribution in [1.82, 2.24) is 9.38 Å². The van der Waals surface area contributed by atoms with Gasteiger partial charge < -0.3 is 5.73 Å². The molecule has 2 N–H and O–H groups in total. The molecule has 3 nitrogen and oxygen atoms in total. The van der Waals surface area contributed by atoms with Gasteiger partial charge in [0, 0.05) is 11.8 Å². The van der Waals surface area contributed by atoms with Gasteiger partial charge >= 0.3 is 6.18 Å². The molecule has 0 amide bonds. The molecule has 3 rings (SSSR count). The predicted molar refractivity (Wildman–Crippen MR) is 75.1 cm³/mol. The van der Waals surface area contributed by atoms with E-state index in [1.807, 2.05) is 0 Å². The Morgan fingerprint density at radius 2 is 1.71 bits per heavy atom. The monoisotopic (exact) mass is 311 g/mol. The standard InChI is InChI=1S/C14H9ClF3N3/c15-10-5-6-11-20-12(13(19)21(11)7-10)8-1-3-9(4-2-8)14(16,17)18/h1-7H,19H2. The number of rotatable bonds is 1. The van der Waals surface area contributed by atoms with Crippen LogP contribution in [0.15, 0.2) is 42.6 Å². The Morgan fingerprint density at radius 3 is 2.33 bits per heavy atom. The quantitative estimate of drug-likeness (QED) is 0.730. The van der Waals surface area contributed by atoms with Crippen LogP contribution in [-0.2, 0) is 6.18 Å². The van der Waals surface area contributed by atoms with Crippen LogP contribution in [0.25, 0.3) is 16.9 Å². The zero-order chi connectivity index (χ0) is 15.2. The summed E-state index contributed by atoms with van der Waals surface area (Å²) in [5, 5.41) is 0.491. The number of benzene rings is 1. The molecule has 0 unspecified atom stereocenters. The topological polar surface area (TPSA) is 43.3 Å². The third-order valence-electron chi connectivity index (χ3n) is 3.11. The van der Waals surface area contributed by atoms with Crippen molar-refractivity contribution in [2.45, 2.75) is 6.18 Å². The van der Waals surface area contributed by atoms with E-state index in [1.165, 1.54) is 12.1 Å². The highest BCUT2D eigenvalue weighted by molar-refractivity contribution is 6.30. The molecule has 2 heterocycles. The van der Waals surface area contributed by atoms with Gasteiger partial charge in [0.1, 0.15) is 17.2 Å². The van der Waals surface area contributed by atoms with Gasteiger partial charge in [-0.2, -0.15) is 13.2 Å². The molecular weight excluding hydrogens is 303 g/mol. The number of fused-ring (bicyclic) bond motifs is 1. The molecule has 0 atom stereocenters. The Hall–Kier alpha value is -2.21. The van der Waals surface area contributed by atoms with Gasteiger partial charge in [0.05, 0.1) is 10.6 Å². The van der Waals surface area contributed by atoms with E-state index in [1.54, 1.807) is 22.7 Å². The van der Waals surface area contributed by atoms with Crippen LogP contribution in [-0.4, -0.2) is 9.38 Å². The molecular formula is C14H9ClF3N3. The number of hydrogen-bond donors (Lipinski definition) is 1. The third-order valence-corrected chi connectivity index (χ3v) is 3.33. The van der Waals surface area contributed by atoms with E-state index < -0.39 is 11.7 Å². The molecule has 21 heavy (non-hydrogen) atoms. The number of nitrogens with zero attached hydrogens (tertiary/aromatic N) is 2. The molecule has 0 aliphatic heterocycles. The second-order valence-electron chi connectivity index (χ2n) is 4.50. The summed E-state index contributed by atoms with van der Waals surface area (Å²) in [7, 11) is 0. The summed E-state index contributed by atoms with van der Waals surface area (Å²) in [4.78, 5) is 4.31. The molecule has 2 aromatic heterocycles. The number of alkyl halides is 3. The van der Waals surface area contributed by atoms with Crippen molar-refractivity contribution in [1.29, 1.82) is 0 Å². The number of imidazole rings is 1. The highest BCUT2D eigenvalue weighted by Gasteiger charge is 2.30. The van der Waals surface area contributed by atoms with Gasteiger partial charge in [-0.1, -0.05) is 23.7 Å². The summed E-state index contributed by atoms with van der Waals surface area (Å²) in [6.07, 6.45) is -2.76. The maximum Gasteiger partial charge on any atom is 0.416 e. The van der Waals surface area contributed by atoms with Crippen molar-refractivity contribution in [3.8, 4) is 11.3 Å². The molecule has 0 aliphatic rings. The maximum atomic E-state index is 12.6. The zero-order valence-electron chi connectivity index (χ0n) is 10.5. The number of anilines is 1. The van der Waals surface area contributed by atoms with Gasteiger partial charge in [0.2, 0.25) is 0 Å². The third kappa shape index (κ3) is 2.42. The van der Waals surface area contributed by atoms with Crippen LogP contribution < -0.4 is 5.73 Å². The first-order chi connectivity index (χ1) is 9.86. The van der Waals surface area contributed by atoms with Crippen molar-refractivity contribution >= 4 is 23.1 Å². The van der Waals surface area contributed by atoms with Crippen molar-refractivity contribution < 1.29 is 13.2 Å². The minimum absolute atomic E-state index is 0.326. The molecule has 0 radical (unpaired) electrons. The summed E-state index contributed by atoms with van der Waals surface area (Å²) in [6, 6.07) is 8.06. The molecule has 0 fully saturated rings.